The molecule has 0 saturated heterocycles. The van der Waals surface area contributed by atoms with Crippen LogP contribution in [-0.4, -0.2) is 48.3 Å². The number of aliphatic hydroxyl groups excluding tert-OH is 1. The topological polar surface area (TPSA) is 35.5 Å². The van der Waals surface area contributed by atoms with Crippen molar-refractivity contribution in [1.82, 2.24) is 10.2 Å². The predicted octanol–water partition coefficient (Wildman–Crippen LogP) is 2.10. The van der Waals surface area contributed by atoms with Crippen LogP contribution >= 0.6 is 0 Å². The van der Waals surface area contributed by atoms with Gasteiger partial charge in [0.1, 0.15) is 0 Å². The monoisotopic (exact) mass is 244 g/mol. The zero-order chi connectivity index (χ0) is 13.5. The zero-order valence-electron chi connectivity index (χ0n) is 12.6. The first-order chi connectivity index (χ1) is 7.82. The lowest BCUT2D eigenvalue weighted by Crippen LogP contribution is -2.44. The van der Waals surface area contributed by atoms with Crippen LogP contribution in [0.25, 0.3) is 0 Å². The third-order valence-electron chi connectivity index (χ3n) is 3.32. The van der Waals surface area contributed by atoms with Crippen LogP contribution in [0.1, 0.15) is 48.0 Å². The Labute approximate surface area is 108 Å². The van der Waals surface area contributed by atoms with Gasteiger partial charge in [-0.05, 0) is 38.8 Å². The molecule has 1 unspecified atom stereocenters. The maximum absolute atomic E-state index is 9.06. The second-order valence-corrected chi connectivity index (χ2v) is 6.12. The Balaban J connectivity index is 4.26. The van der Waals surface area contributed by atoms with Crippen LogP contribution < -0.4 is 5.32 Å². The summed E-state index contributed by atoms with van der Waals surface area (Å²) in [6.07, 6.45) is 1.13. The molecule has 3 heteroatoms. The summed E-state index contributed by atoms with van der Waals surface area (Å²) in [5, 5.41) is 12.6. The van der Waals surface area contributed by atoms with E-state index in [1.165, 1.54) is 0 Å². The highest BCUT2D eigenvalue weighted by Gasteiger charge is 2.24. The number of nitrogens with zero attached hydrogens (tertiary/aromatic N) is 1. The van der Waals surface area contributed by atoms with Crippen LogP contribution in [0, 0.1) is 5.41 Å². The molecule has 0 aliphatic heterocycles. The summed E-state index contributed by atoms with van der Waals surface area (Å²) < 4.78 is 0. The number of aliphatic hydroxyl groups is 1. The van der Waals surface area contributed by atoms with Gasteiger partial charge < -0.3 is 10.4 Å². The van der Waals surface area contributed by atoms with Gasteiger partial charge in [0, 0.05) is 18.6 Å². The molecule has 0 aromatic heterocycles. The molecule has 0 amide bonds. The number of hydrogen-bond donors (Lipinski definition) is 2. The van der Waals surface area contributed by atoms with Gasteiger partial charge >= 0.3 is 0 Å². The summed E-state index contributed by atoms with van der Waals surface area (Å²) in [5.74, 6) is 0. The van der Waals surface area contributed by atoms with E-state index in [0.29, 0.717) is 12.1 Å². The maximum atomic E-state index is 9.06. The highest BCUT2D eigenvalue weighted by molar-refractivity contribution is 4.81. The molecule has 0 heterocycles. The van der Waals surface area contributed by atoms with Gasteiger partial charge in [0.15, 0.2) is 0 Å². The Morgan fingerprint density at radius 1 is 1.18 bits per heavy atom. The molecule has 0 rings (SSSR count). The molecular formula is C14H32N2O. The molecule has 0 bridgehead atoms. The van der Waals surface area contributed by atoms with Gasteiger partial charge in [0.2, 0.25) is 0 Å². The summed E-state index contributed by atoms with van der Waals surface area (Å²) in [6, 6.07) is 1.04. The van der Waals surface area contributed by atoms with Crippen molar-refractivity contribution in [2.75, 3.05) is 26.2 Å². The highest BCUT2D eigenvalue weighted by atomic mass is 16.3. The van der Waals surface area contributed by atoms with Gasteiger partial charge in [-0.25, -0.2) is 0 Å². The van der Waals surface area contributed by atoms with Crippen molar-refractivity contribution in [3.8, 4) is 0 Å². The Morgan fingerprint density at radius 2 is 1.76 bits per heavy atom. The normalized spacial score (nSPS) is 14.6. The number of hydrogen-bond acceptors (Lipinski definition) is 3. The lowest BCUT2D eigenvalue weighted by molar-refractivity contribution is 0.146. The second-order valence-electron chi connectivity index (χ2n) is 6.12. The fourth-order valence-corrected chi connectivity index (χ4v) is 2.14. The third-order valence-corrected chi connectivity index (χ3v) is 3.32. The van der Waals surface area contributed by atoms with Gasteiger partial charge in [-0.1, -0.05) is 27.7 Å². The molecule has 0 saturated carbocycles. The summed E-state index contributed by atoms with van der Waals surface area (Å²) in [6.45, 7) is 16.5. The smallest absolute Gasteiger partial charge is 0.0558 e. The van der Waals surface area contributed by atoms with Crippen LogP contribution in [0.3, 0.4) is 0 Å². The molecule has 1 atom stereocenters. The van der Waals surface area contributed by atoms with E-state index in [1.54, 1.807) is 0 Å². The first kappa shape index (κ1) is 16.9. The molecule has 0 aromatic carbocycles. The van der Waals surface area contributed by atoms with Crippen molar-refractivity contribution < 1.29 is 5.11 Å². The minimum absolute atomic E-state index is 0.250. The largest absolute Gasteiger partial charge is 0.395 e. The summed E-state index contributed by atoms with van der Waals surface area (Å²) in [5.41, 5.74) is 0.290. The lowest BCUT2D eigenvalue weighted by atomic mass is 9.84. The molecule has 104 valence electrons. The van der Waals surface area contributed by atoms with E-state index in [2.05, 4.69) is 51.8 Å². The molecule has 0 aromatic rings. The van der Waals surface area contributed by atoms with E-state index in [0.717, 1.165) is 26.1 Å². The molecule has 0 fully saturated rings. The van der Waals surface area contributed by atoms with E-state index >= 15 is 0 Å². The van der Waals surface area contributed by atoms with Gasteiger partial charge in [-0.15, -0.1) is 0 Å². The Morgan fingerprint density at radius 3 is 2.12 bits per heavy atom. The number of nitrogens with one attached hydrogen (secondary N) is 1. The van der Waals surface area contributed by atoms with Crippen molar-refractivity contribution in [3.05, 3.63) is 0 Å². The first-order valence-electron chi connectivity index (χ1n) is 6.91. The molecule has 17 heavy (non-hydrogen) atoms. The van der Waals surface area contributed by atoms with Crippen molar-refractivity contribution in [2.24, 2.45) is 5.41 Å². The average molecular weight is 244 g/mol. The fourth-order valence-electron chi connectivity index (χ4n) is 2.14. The van der Waals surface area contributed by atoms with Gasteiger partial charge in [0.25, 0.3) is 0 Å². The van der Waals surface area contributed by atoms with Crippen molar-refractivity contribution in [1.29, 1.82) is 0 Å². The molecule has 0 aliphatic rings. The van der Waals surface area contributed by atoms with Crippen molar-refractivity contribution in [3.63, 3.8) is 0 Å². The second kappa shape index (κ2) is 8.06. The Kier molecular flexibility index (Phi) is 8.01. The van der Waals surface area contributed by atoms with E-state index < -0.39 is 0 Å². The summed E-state index contributed by atoms with van der Waals surface area (Å²) in [4.78, 5) is 2.34. The van der Waals surface area contributed by atoms with E-state index in [4.69, 9.17) is 5.11 Å². The standard InChI is InChI=1S/C14H32N2O/c1-7-15-13(14(4,5)6)8-9-16(10-11-17)12(2)3/h12-13,15,17H,7-11H2,1-6H3. The summed E-state index contributed by atoms with van der Waals surface area (Å²) in [7, 11) is 0. The fraction of sp³-hybridized carbons (Fsp3) is 1.00. The van der Waals surface area contributed by atoms with E-state index in [9.17, 15) is 0 Å². The van der Waals surface area contributed by atoms with E-state index in [1.807, 2.05) is 0 Å². The average Bonchev–Trinajstić information content (AvgIpc) is 2.20. The zero-order valence-corrected chi connectivity index (χ0v) is 12.6. The van der Waals surface area contributed by atoms with E-state index in [-0.39, 0.29) is 12.0 Å². The van der Waals surface area contributed by atoms with Gasteiger partial charge in [0.05, 0.1) is 6.61 Å². The molecule has 0 spiro atoms. The van der Waals surface area contributed by atoms with Crippen LogP contribution in [0.4, 0.5) is 0 Å². The van der Waals surface area contributed by atoms with Crippen molar-refractivity contribution in [2.45, 2.75) is 60.0 Å². The molecule has 0 radical (unpaired) electrons. The highest BCUT2D eigenvalue weighted by Crippen LogP contribution is 2.22. The molecule has 0 aliphatic carbocycles. The molecular weight excluding hydrogens is 212 g/mol. The van der Waals surface area contributed by atoms with Crippen LogP contribution in [-0.2, 0) is 0 Å². The molecule has 3 nitrogen and oxygen atoms in total. The lowest BCUT2D eigenvalue weighted by Gasteiger charge is -2.34. The Bertz CT molecular complexity index is 187. The first-order valence-corrected chi connectivity index (χ1v) is 6.91. The Hall–Kier alpha value is -0.120. The molecule has 2 N–H and O–H groups in total. The number of rotatable bonds is 8. The van der Waals surface area contributed by atoms with Crippen molar-refractivity contribution >= 4 is 0 Å². The third kappa shape index (κ3) is 7.02. The van der Waals surface area contributed by atoms with Crippen LogP contribution in [0.15, 0.2) is 0 Å². The van der Waals surface area contributed by atoms with Gasteiger partial charge in [-0.2, -0.15) is 0 Å². The SMILES string of the molecule is CCNC(CCN(CCO)C(C)C)C(C)(C)C. The quantitative estimate of drug-likeness (QED) is 0.686. The van der Waals surface area contributed by atoms with Gasteiger partial charge in [-0.3, -0.25) is 4.90 Å². The maximum Gasteiger partial charge on any atom is 0.0558 e. The minimum atomic E-state index is 0.250. The van der Waals surface area contributed by atoms with Crippen LogP contribution in [0.2, 0.25) is 0 Å². The van der Waals surface area contributed by atoms with Crippen LogP contribution in [0.5, 0.6) is 0 Å². The summed E-state index contributed by atoms with van der Waals surface area (Å²) >= 11 is 0. The predicted molar refractivity (Wildman–Crippen MR) is 75.3 cm³/mol. The minimum Gasteiger partial charge on any atom is -0.395 e.